The van der Waals surface area contributed by atoms with Crippen LogP contribution in [0.1, 0.15) is 33.8 Å². The summed E-state index contributed by atoms with van der Waals surface area (Å²) in [5, 5.41) is 0. The van der Waals surface area contributed by atoms with Gasteiger partial charge in [-0.2, -0.15) is 0 Å². The molecule has 0 aromatic heterocycles. The highest BCUT2D eigenvalue weighted by atomic mass is 16.5. The molecule has 0 spiro atoms. The van der Waals surface area contributed by atoms with E-state index in [9.17, 15) is 9.59 Å². The van der Waals surface area contributed by atoms with Crippen molar-refractivity contribution in [3.63, 3.8) is 0 Å². The smallest absolute Gasteiger partial charge is 0.306 e. The van der Waals surface area contributed by atoms with Crippen LogP contribution in [0.2, 0.25) is 0 Å². The fourth-order valence-electron chi connectivity index (χ4n) is 2.98. The van der Waals surface area contributed by atoms with Gasteiger partial charge >= 0.3 is 5.97 Å². The van der Waals surface area contributed by atoms with Gasteiger partial charge in [0.25, 0.3) is 0 Å². The third kappa shape index (κ3) is 5.07. The van der Waals surface area contributed by atoms with Gasteiger partial charge in [0.15, 0.2) is 5.78 Å². The monoisotopic (exact) mass is 374 g/mol. The number of carbonyl (C=O) groups is 2. The summed E-state index contributed by atoms with van der Waals surface area (Å²) in [6.07, 6.45) is -0.00551. The number of benzene rings is 3. The predicted octanol–water partition coefficient (Wildman–Crippen LogP) is 4.80. The van der Waals surface area contributed by atoms with E-state index in [0.717, 1.165) is 11.1 Å². The number of carbonyl (C=O) groups excluding carboxylic acids is 2. The van der Waals surface area contributed by atoms with Crippen molar-refractivity contribution in [2.45, 2.75) is 18.9 Å². The lowest BCUT2D eigenvalue weighted by Crippen LogP contribution is -2.18. The minimum Gasteiger partial charge on any atom is -0.489 e. The second-order valence-electron chi connectivity index (χ2n) is 6.41. The van der Waals surface area contributed by atoms with Crippen molar-refractivity contribution >= 4 is 11.8 Å². The number of hydrogen-bond donors (Lipinski definition) is 0. The SMILES string of the molecule is COC(=O)CC(C(=O)c1cccc(OCc2ccccc2)c1)c1ccccc1. The predicted molar refractivity (Wildman–Crippen MR) is 107 cm³/mol. The molecule has 0 fully saturated rings. The van der Waals surface area contributed by atoms with E-state index in [2.05, 4.69) is 0 Å². The van der Waals surface area contributed by atoms with Crippen LogP contribution < -0.4 is 4.74 Å². The normalized spacial score (nSPS) is 11.5. The Labute approximate surface area is 164 Å². The molecule has 1 unspecified atom stereocenters. The molecular formula is C24H22O4. The maximum atomic E-state index is 13.2. The van der Waals surface area contributed by atoms with E-state index in [1.165, 1.54) is 7.11 Å². The topological polar surface area (TPSA) is 52.6 Å². The Bertz CT molecular complexity index is 920. The lowest BCUT2D eigenvalue weighted by molar-refractivity contribution is -0.140. The summed E-state index contributed by atoms with van der Waals surface area (Å²) in [5.74, 6) is -0.543. The molecule has 4 heteroatoms. The lowest BCUT2D eigenvalue weighted by atomic mass is 9.88. The van der Waals surface area contributed by atoms with Gasteiger partial charge in [-0.25, -0.2) is 0 Å². The molecule has 0 amide bonds. The largest absolute Gasteiger partial charge is 0.489 e. The summed E-state index contributed by atoms with van der Waals surface area (Å²) in [6.45, 7) is 0.419. The third-order valence-corrected chi connectivity index (χ3v) is 4.48. The Kier molecular flexibility index (Phi) is 6.58. The third-order valence-electron chi connectivity index (χ3n) is 4.48. The van der Waals surface area contributed by atoms with E-state index in [0.29, 0.717) is 17.9 Å². The molecule has 3 rings (SSSR count). The van der Waals surface area contributed by atoms with Gasteiger partial charge in [0.1, 0.15) is 12.4 Å². The van der Waals surface area contributed by atoms with Crippen molar-refractivity contribution in [2.75, 3.05) is 7.11 Å². The minimum atomic E-state index is -0.599. The Hall–Kier alpha value is -3.40. The van der Waals surface area contributed by atoms with Gasteiger partial charge in [0.05, 0.1) is 19.4 Å². The number of esters is 1. The van der Waals surface area contributed by atoms with Crippen LogP contribution in [0.3, 0.4) is 0 Å². The Morgan fingerprint density at radius 1 is 0.857 bits per heavy atom. The second-order valence-corrected chi connectivity index (χ2v) is 6.41. The first-order valence-electron chi connectivity index (χ1n) is 9.10. The zero-order chi connectivity index (χ0) is 19.8. The average Bonchev–Trinajstić information content (AvgIpc) is 2.77. The second kappa shape index (κ2) is 9.51. The van der Waals surface area contributed by atoms with Gasteiger partial charge < -0.3 is 9.47 Å². The molecule has 1 atom stereocenters. The molecule has 0 aliphatic rings. The highest BCUT2D eigenvalue weighted by molar-refractivity contribution is 6.03. The van der Waals surface area contributed by atoms with Crippen LogP contribution in [0.5, 0.6) is 5.75 Å². The quantitative estimate of drug-likeness (QED) is 0.420. The fraction of sp³-hybridized carbons (Fsp3) is 0.167. The van der Waals surface area contributed by atoms with Crippen molar-refractivity contribution in [3.8, 4) is 5.75 Å². The lowest BCUT2D eigenvalue weighted by Gasteiger charge is -2.16. The summed E-state index contributed by atoms with van der Waals surface area (Å²) in [4.78, 5) is 25.0. The van der Waals surface area contributed by atoms with Crippen LogP contribution >= 0.6 is 0 Å². The van der Waals surface area contributed by atoms with Crippen LogP contribution in [0.25, 0.3) is 0 Å². The van der Waals surface area contributed by atoms with Gasteiger partial charge in [0.2, 0.25) is 0 Å². The van der Waals surface area contributed by atoms with Crippen molar-refractivity contribution in [3.05, 3.63) is 102 Å². The van der Waals surface area contributed by atoms with E-state index in [4.69, 9.17) is 9.47 Å². The van der Waals surface area contributed by atoms with Crippen LogP contribution in [0, 0.1) is 0 Å². The molecule has 3 aromatic rings. The van der Waals surface area contributed by atoms with Gasteiger partial charge in [-0.1, -0.05) is 72.8 Å². The number of rotatable bonds is 8. The maximum absolute atomic E-state index is 13.2. The Balaban J connectivity index is 1.79. The first-order valence-corrected chi connectivity index (χ1v) is 9.10. The van der Waals surface area contributed by atoms with Crippen molar-refractivity contribution in [1.82, 2.24) is 0 Å². The first kappa shape index (κ1) is 19.4. The molecule has 0 radical (unpaired) electrons. The van der Waals surface area contributed by atoms with Crippen molar-refractivity contribution in [2.24, 2.45) is 0 Å². The van der Waals surface area contributed by atoms with Gasteiger partial charge in [-0.05, 0) is 23.3 Å². The van der Waals surface area contributed by atoms with Gasteiger partial charge in [-0.15, -0.1) is 0 Å². The molecule has 28 heavy (non-hydrogen) atoms. The Morgan fingerprint density at radius 2 is 1.54 bits per heavy atom. The standard InChI is InChI=1S/C24H22O4/c1-27-23(25)16-22(19-11-6-3-7-12-19)24(26)20-13-8-14-21(15-20)28-17-18-9-4-2-5-10-18/h2-15,22H,16-17H2,1H3. The van der Waals surface area contributed by atoms with E-state index in [1.807, 2.05) is 66.7 Å². The molecule has 0 aliphatic heterocycles. The zero-order valence-electron chi connectivity index (χ0n) is 15.7. The zero-order valence-corrected chi connectivity index (χ0v) is 15.7. The molecule has 3 aromatic carbocycles. The van der Waals surface area contributed by atoms with E-state index in [-0.39, 0.29) is 12.2 Å². The number of ketones is 1. The molecule has 0 saturated heterocycles. The van der Waals surface area contributed by atoms with Crippen LogP contribution in [0.4, 0.5) is 0 Å². The summed E-state index contributed by atoms with van der Waals surface area (Å²) in [6, 6.07) is 26.2. The van der Waals surface area contributed by atoms with Crippen LogP contribution in [-0.4, -0.2) is 18.9 Å². The molecule has 0 bridgehead atoms. The average molecular weight is 374 g/mol. The molecular weight excluding hydrogens is 352 g/mol. The molecule has 4 nitrogen and oxygen atoms in total. The van der Waals surface area contributed by atoms with Gasteiger partial charge in [-0.3, -0.25) is 9.59 Å². The number of ether oxygens (including phenoxy) is 2. The summed E-state index contributed by atoms with van der Waals surface area (Å²) in [5.41, 5.74) is 2.34. The number of hydrogen-bond acceptors (Lipinski definition) is 4. The summed E-state index contributed by atoms with van der Waals surface area (Å²) in [7, 11) is 1.33. The van der Waals surface area contributed by atoms with Crippen molar-refractivity contribution < 1.29 is 19.1 Å². The number of methoxy groups -OCH3 is 1. The van der Waals surface area contributed by atoms with E-state index >= 15 is 0 Å². The van der Waals surface area contributed by atoms with Crippen molar-refractivity contribution in [1.29, 1.82) is 0 Å². The summed E-state index contributed by atoms with van der Waals surface area (Å²) < 4.78 is 10.6. The van der Waals surface area contributed by atoms with E-state index in [1.54, 1.807) is 18.2 Å². The van der Waals surface area contributed by atoms with Crippen LogP contribution in [0.15, 0.2) is 84.9 Å². The number of Topliss-reactive ketones (excluding diaryl/α,β-unsaturated/α-hetero) is 1. The molecule has 0 N–H and O–H groups in total. The highest BCUT2D eigenvalue weighted by Crippen LogP contribution is 2.27. The fourth-order valence-corrected chi connectivity index (χ4v) is 2.98. The Morgan fingerprint density at radius 3 is 2.21 bits per heavy atom. The highest BCUT2D eigenvalue weighted by Gasteiger charge is 2.25. The molecule has 0 saturated carbocycles. The van der Waals surface area contributed by atoms with Crippen LogP contribution in [-0.2, 0) is 16.1 Å². The molecule has 0 aliphatic carbocycles. The summed E-state index contributed by atoms with van der Waals surface area (Å²) >= 11 is 0. The van der Waals surface area contributed by atoms with E-state index < -0.39 is 11.9 Å². The first-order chi connectivity index (χ1) is 13.7. The molecule has 0 heterocycles. The van der Waals surface area contributed by atoms with Gasteiger partial charge in [0, 0.05) is 5.56 Å². The molecule has 142 valence electrons. The maximum Gasteiger partial charge on any atom is 0.306 e. The minimum absolute atomic E-state index is 0.00551.